The molecule has 0 radical (unpaired) electrons. The summed E-state index contributed by atoms with van der Waals surface area (Å²) >= 11 is 0. The van der Waals surface area contributed by atoms with Crippen LogP contribution in [-0.2, 0) is 23.9 Å². The van der Waals surface area contributed by atoms with Crippen molar-refractivity contribution < 1.29 is 28.7 Å². The zero-order valence-corrected chi connectivity index (χ0v) is 42.8. The van der Waals surface area contributed by atoms with Crippen LogP contribution >= 0.6 is 0 Å². The minimum Gasteiger partial charge on any atom is -0.453 e. The topological polar surface area (TPSA) is 160 Å². The number of methoxy groups -OCH3 is 2. The molecule has 0 aromatic heterocycles. The number of unbranched alkanes of at least 4 members (excludes halogenated alkanes) is 2. The molecule has 0 aliphatic heterocycles. The maximum atomic E-state index is 11.0. The smallest absolute Gasteiger partial charge is 0.407 e. The minimum atomic E-state index is -0.566. The Bertz CT molecular complexity index is 1500. The second kappa shape index (κ2) is 43.0. The highest BCUT2D eigenvalue weighted by atomic mass is 16.5. The van der Waals surface area contributed by atoms with Crippen LogP contribution in [0.1, 0.15) is 138 Å². The number of nitrogens with zero attached hydrogens (tertiary/aromatic N) is 2. The third kappa shape index (κ3) is 30.0. The predicted molar refractivity (Wildman–Crippen MR) is 277 cm³/mol. The molecular weight excluding hydrogens is 817 g/mol. The largest absolute Gasteiger partial charge is 0.453 e. The fraction of sp³-hybridized carbons (Fsp3) is 0.585. The Labute approximate surface area is 395 Å². The van der Waals surface area contributed by atoms with E-state index in [1.165, 1.54) is 82.9 Å². The average molecular weight is 907 g/mol. The Balaban J connectivity index is -0.00000107. The summed E-state index contributed by atoms with van der Waals surface area (Å²) in [6.07, 6.45) is 16.4. The molecule has 368 valence electrons. The minimum absolute atomic E-state index is 0.0598. The van der Waals surface area contributed by atoms with Crippen LogP contribution in [0.3, 0.4) is 0 Å². The molecule has 1 aliphatic rings. The van der Waals surface area contributed by atoms with Crippen LogP contribution in [0.25, 0.3) is 22.5 Å². The summed E-state index contributed by atoms with van der Waals surface area (Å²) in [5.41, 5.74) is 6.63. The lowest BCUT2D eigenvalue weighted by molar-refractivity contribution is -0.119. The van der Waals surface area contributed by atoms with Gasteiger partial charge in [0.2, 0.25) is 0 Å². The van der Waals surface area contributed by atoms with E-state index in [-0.39, 0.29) is 17.6 Å². The number of carbonyl (C=O) groups is 4. The molecule has 5 atom stereocenters. The molecule has 65 heavy (non-hydrogen) atoms. The summed E-state index contributed by atoms with van der Waals surface area (Å²) in [6.45, 7) is 29.4. The van der Waals surface area contributed by atoms with Crippen LogP contribution in [0.2, 0.25) is 0 Å². The molecule has 1 aliphatic carbocycles. The zero-order valence-electron chi connectivity index (χ0n) is 42.8. The van der Waals surface area contributed by atoms with Crippen molar-refractivity contribution in [1.82, 2.24) is 21.3 Å². The molecule has 0 saturated heterocycles. The van der Waals surface area contributed by atoms with E-state index in [4.69, 9.17) is 4.79 Å². The van der Waals surface area contributed by atoms with Crippen LogP contribution in [0.15, 0.2) is 70.9 Å². The van der Waals surface area contributed by atoms with Gasteiger partial charge in [0.1, 0.15) is 13.1 Å². The Morgan fingerprint density at radius 3 is 1.45 bits per heavy atom. The third-order valence-electron chi connectivity index (χ3n) is 10.5. The molecule has 0 spiro atoms. The maximum absolute atomic E-state index is 11.0. The van der Waals surface area contributed by atoms with Crippen molar-refractivity contribution in [3.63, 3.8) is 0 Å². The highest BCUT2D eigenvalue weighted by molar-refractivity contribution is 5.85. The Hall–Kier alpha value is -4.94. The highest BCUT2D eigenvalue weighted by Crippen LogP contribution is 2.25. The number of ether oxygens (including phenoxy) is 2. The first-order chi connectivity index (χ1) is 31.3. The molecule has 0 bridgehead atoms. The van der Waals surface area contributed by atoms with E-state index >= 15 is 0 Å². The molecule has 2 aromatic carbocycles. The van der Waals surface area contributed by atoms with Gasteiger partial charge in [0.15, 0.2) is 5.78 Å². The number of nitrogens with one attached hydrogen (secondary N) is 4. The van der Waals surface area contributed by atoms with E-state index in [9.17, 15) is 14.4 Å². The van der Waals surface area contributed by atoms with Gasteiger partial charge >= 0.3 is 6.09 Å². The van der Waals surface area contributed by atoms with Crippen molar-refractivity contribution >= 4 is 49.8 Å². The Morgan fingerprint density at radius 1 is 0.754 bits per heavy atom. The second-order valence-electron chi connectivity index (χ2n) is 16.2. The van der Waals surface area contributed by atoms with Crippen LogP contribution < -0.4 is 21.3 Å². The van der Waals surface area contributed by atoms with Crippen molar-refractivity contribution in [2.75, 3.05) is 41.5 Å². The summed E-state index contributed by atoms with van der Waals surface area (Å²) in [7, 11) is 6.46. The molecular formula is C53H90N6O6. The zero-order chi connectivity index (χ0) is 50.0. The molecule has 3 rings (SSSR count). The molecule has 1 saturated carbocycles. The molecule has 1 fully saturated rings. The monoisotopic (exact) mass is 907 g/mol. The molecule has 12 heteroatoms. The van der Waals surface area contributed by atoms with E-state index in [0.29, 0.717) is 17.9 Å². The molecule has 0 unspecified atom stereocenters. The first-order valence-electron chi connectivity index (χ1n) is 23.5. The lowest BCUT2D eigenvalue weighted by Crippen LogP contribution is -2.43. The summed E-state index contributed by atoms with van der Waals surface area (Å²) in [6, 6.07) is 17.3. The van der Waals surface area contributed by atoms with E-state index in [1.54, 1.807) is 14.2 Å². The molecule has 1 amide bonds. The number of rotatable bonds is 22. The number of ketones is 1. The maximum Gasteiger partial charge on any atom is 0.407 e. The van der Waals surface area contributed by atoms with Gasteiger partial charge in [0.05, 0.1) is 24.5 Å². The average Bonchev–Trinajstić information content (AvgIpc) is 3.33. The van der Waals surface area contributed by atoms with Gasteiger partial charge in [-0.05, 0) is 93.1 Å². The normalized spacial score (nSPS) is 15.5. The van der Waals surface area contributed by atoms with Crippen molar-refractivity contribution in [3.05, 3.63) is 72.1 Å². The van der Waals surface area contributed by atoms with Crippen LogP contribution in [-0.4, -0.2) is 91.9 Å². The number of benzene rings is 2. The number of aldehydes is 1. The quantitative estimate of drug-likeness (QED) is 0.0666. The first kappa shape index (κ1) is 64.3. The van der Waals surface area contributed by atoms with Gasteiger partial charge in [-0.1, -0.05) is 142 Å². The van der Waals surface area contributed by atoms with Gasteiger partial charge < -0.3 is 40.3 Å². The van der Waals surface area contributed by atoms with Crippen LogP contribution in [0.4, 0.5) is 4.79 Å². The standard InChI is InChI=1S/C32H46N4.C8H15NO3.C8H15NO.C2H6O.C2H6.CH2O/c1-7-9-11-25(3)21-35-31(23-33-5)29-17-13-27(14-18-29)28-15-19-30(20-16-28)32(24-34-6)36-22-26(4)12-10-8-2;1-5(2)7(6(3)10)9-8(11)12-4;1-9-8-5-3-2-4-7(8)6-10;1-3-2;2*1-2/h13-20,23-26,35-36H,5-12,21-22H2,1-4H3;5,7H,1-4H3,(H,9,11);6-9H,2-5H2,1H3;1-2H3;1-2H3;1H2/b31-23-,32-24-;;;;;/t25-,26-;7-;7-,8-;;;/m001.../s1. The lowest BCUT2D eigenvalue weighted by atomic mass is 9.86. The summed E-state index contributed by atoms with van der Waals surface area (Å²) in [4.78, 5) is 48.2. The van der Waals surface area contributed by atoms with Crippen LogP contribution in [0, 0.1) is 23.7 Å². The van der Waals surface area contributed by atoms with E-state index < -0.39 is 12.1 Å². The number of hydrogen-bond acceptors (Lipinski definition) is 11. The van der Waals surface area contributed by atoms with Crippen molar-refractivity contribution in [2.24, 2.45) is 33.7 Å². The van der Waals surface area contributed by atoms with Crippen LogP contribution in [0.5, 0.6) is 0 Å². The van der Waals surface area contributed by atoms with E-state index in [2.05, 4.69) is 130 Å². The van der Waals surface area contributed by atoms with Gasteiger partial charge in [0, 0.05) is 51.7 Å². The van der Waals surface area contributed by atoms with Gasteiger partial charge in [-0.25, -0.2) is 4.79 Å². The molecule has 4 N–H and O–H groups in total. The summed E-state index contributed by atoms with van der Waals surface area (Å²) < 4.78 is 8.63. The van der Waals surface area contributed by atoms with Crippen molar-refractivity contribution in [2.45, 2.75) is 139 Å². The third-order valence-corrected chi connectivity index (χ3v) is 10.5. The summed E-state index contributed by atoms with van der Waals surface area (Å²) in [5.74, 6) is 1.55. The Morgan fingerprint density at radius 2 is 1.15 bits per heavy atom. The predicted octanol–water partition coefficient (Wildman–Crippen LogP) is 11.2. The Kier molecular flexibility index (Phi) is 42.5. The fourth-order valence-corrected chi connectivity index (χ4v) is 6.79. The van der Waals surface area contributed by atoms with Gasteiger partial charge in [0.25, 0.3) is 0 Å². The molecule has 0 heterocycles. The van der Waals surface area contributed by atoms with Crippen molar-refractivity contribution in [3.8, 4) is 11.1 Å². The molecule has 2 aromatic rings. The summed E-state index contributed by atoms with van der Waals surface area (Å²) in [5, 5.41) is 12.8. The van der Waals surface area contributed by atoms with E-state index in [0.717, 1.165) is 48.3 Å². The van der Waals surface area contributed by atoms with Crippen molar-refractivity contribution in [1.29, 1.82) is 0 Å². The van der Waals surface area contributed by atoms with Gasteiger partial charge in [-0.3, -0.25) is 14.8 Å². The number of carbonyl (C=O) groups excluding carboxylic acids is 4. The van der Waals surface area contributed by atoms with Gasteiger partial charge in [-0.15, -0.1) is 0 Å². The number of aliphatic imine (C=N–C) groups is 2. The lowest BCUT2D eigenvalue weighted by Gasteiger charge is -2.26. The second-order valence-corrected chi connectivity index (χ2v) is 16.2. The van der Waals surface area contributed by atoms with Gasteiger partial charge in [-0.2, -0.15) is 0 Å². The molecule has 12 nitrogen and oxygen atoms in total. The number of Topliss-reactive ketones (excluding diaryl/α,β-unsaturated/α-hetero) is 1. The number of hydrogen-bond donors (Lipinski definition) is 4. The highest BCUT2D eigenvalue weighted by Gasteiger charge is 2.22. The number of amides is 1. The number of alkyl carbamates (subject to hydrolysis) is 1. The fourth-order valence-electron chi connectivity index (χ4n) is 6.79. The SMILES string of the molecule is C=N/C=C(\NC[C@@H](C)CCCC)c1ccc(-c2ccc(/C(=C/N=C)NC[C@@H](C)CCCC)cc2)cc1.C=O.CC.CN[C@@H]1CCCC[C@@H]1C=O.COC.COC(=O)N[C@H](C(C)=O)C(C)C. The van der Waals surface area contributed by atoms with E-state index in [1.807, 2.05) is 53.9 Å². The first-order valence-corrected chi connectivity index (χ1v) is 23.5.